The standard InChI is InChI=1S/C22H28N4O2/c1-14-9-21(23-17-3-2-8-26(11-17)18-12-28-13-18)24-25-22(14)19-7-6-16(10-20(19)27)15-4-5-15/h6-7,9-10,15,17-18,27H,2-5,8,11-13H2,1H3,(H,23,24)/t17-/m1/s1. The van der Waals surface area contributed by atoms with Crippen molar-refractivity contribution in [1.29, 1.82) is 0 Å². The Morgan fingerprint density at radius 2 is 2.00 bits per heavy atom. The second-order valence-corrected chi connectivity index (χ2v) is 8.48. The van der Waals surface area contributed by atoms with Crippen molar-refractivity contribution in [2.45, 2.75) is 50.6 Å². The van der Waals surface area contributed by atoms with Crippen LogP contribution in [0.5, 0.6) is 5.75 Å². The van der Waals surface area contributed by atoms with Gasteiger partial charge in [0.2, 0.25) is 0 Å². The molecule has 0 spiro atoms. The molecule has 0 unspecified atom stereocenters. The molecule has 3 aliphatic rings. The lowest BCUT2D eigenvalue weighted by molar-refractivity contribution is -0.0710. The maximum Gasteiger partial charge on any atom is 0.149 e. The Labute approximate surface area is 165 Å². The summed E-state index contributed by atoms with van der Waals surface area (Å²) in [5.74, 6) is 1.74. The third-order valence-electron chi connectivity index (χ3n) is 6.25. The molecule has 0 amide bonds. The first-order chi connectivity index (χ1) is 13.7. The van der Waals surface area contributed by atoms with Gasteiger partial charge in [-0.1, -0.05) is 6.07 Å². The van der Waals surface area contributed by atoms with Gasteiger partial charge in [-0.25, -0.2) is 0 Å². The molecule has 1 saturated carbocycles. The van der Waals surface area contributed by atoms with Gasteiger partial charge in [0.25, 0.3) is 0 Å². The summed E-state index contributed by atoms with van der Waals surface area (Å²) in [4.78, 5) is 2.53. The van der Waals surface area contributed by atoms with Gasteiger partial charge < -0.3 is 15.2 Å². The van der Waals surface area contributed by atoms with Gasteiger partial charge >= 0.3 is 0 Å². The normalized spacial score (nSPS) is 23.4. The lowest BCUT2D eigenvalue weighted by atomic mass is 10.0. The van der Waals surface area contributed by atoms with E-state index in [2.05, 4.69) is 26.5 Å². The second-order valence-electron chi connectivity index (χ2n) is 8.48. The molecule has 2 saturated heterocycles. The average molecular weight is 380 g/mol. The number of piperidine rings is 1. The minimum Gasteiger partial charge on any atom is -0.507 e. The maximum atomic E-state index is 10.5. The van der Waals surface area contributed by atoms with E-state index in [0.29, 0.717) is 23.8 Å². The van der Waals surface area contributed by atoms with Crippen LogP contribution in [-0.2, 0) is 4.74 Å². The third kappa shape index (κ3) is 3.59. The largest absolute Gasteiger partial charge is 0.507 e. The first-order valence-corrected chi connectivity index (χ1v) is 10.4. The Hall–Kier alpha value is -2.18. The number of nitrogens with one attached hydrogen (secondary N) is 1. The van der Waals surface area contributed by atoms with E-state index in [1.54, 1.807) is 0 Å². The van der Waals surface area contributed by atoms with Gasteiger partial charge in [0, 0.05) is 18.2 Å². The average Bonchev–Trinajstić information content (AvgIpc) is 3.46. The van der Waals surface area contributed by atoms with Crippen molar-refractivity contribution in [3.63, 3.8) is 0 Å². The Balaban J connectivity index is 1.29. The maximum absolute atomic E-state index is 10.5. The lowest BCUT2D eigenvalue weighted by Gasteiger charge is -2.42. The van der Waals surface area contributed by atoms with Gasteiger partial charge in [-0.05, 0) is 74.4 Å². The van der Waals surface area contributed by atoms with Crippen LogP contribution in [0.15, 0.2) is 24.3 Å². The number of ether oxygens (including phenoxy) is 1. The van der Waals surface area contributed by atoms with E-state index < -0.39 is 0 Å². The minimum absolute atomic E-state index is 0.299. The van der Waals surface area contributed by atoms with Gasteiger partial charge in [0.15, 0.2) is 0 Å². The zero-order valence-electron chi connectivity index (χ0n) is 16.4. The fourth-order valence-electron chi connectivity index (χ4n) is 4.34. The van der Waals surface area contributed by atoms with Crippen molar-refractivity contribution in [1.82, 2.24) is 15.1 Å². The van der Waals surface area contributed by atoms with Crippen molar-refractivity contribution < 1.29 is 9.84 Å². The number of rotatable bonds is 5. The van der Waals surface area contributed by atoms with Crippen LogP contribution in [0, 0.1) is 6.92 Å². The molecule has 1 aliphatic carbocycles. The SMILES string of the molecule is Cc1cc(N[C@@H]2CCCN(C3COC3)C2)nnc1-c1ccc(C2CC2)cc1O. The van der Waals surface area contributed by atoms with Gasteiger partial charge in [0.05, 0.1) is 24.9 Å². The smallest absolute Gasteiger partial charge is 0.149 e. The van der Waals surface area contributed by atoms with E-state index in [4.69, 9.17) is 4.74 Å². The third-order valence-corrected chi connectivity index (χ3v) is 6.25. The van der Waals surface area contributed by atoms with Crippen LogP contribution in [0.25, 0.3) is 11.3 Å². The number of nitrogens with zero attached hydrogens (tertiary/aromatic N) is 3. The Kier molecular flexibility index (Phi) is 4.69. The number of phenolic OH excluding ortho intramolecular Hbond substituents is 1. The monoisotopic (exact) mass is 380 g/mol. The Morgan fingerprint density at radius 3 is 2.68 bits per heavy atom. The number of benzene rings is 1. The highest BCUT2D eigenvalue weighted by molar-refractivity contribution is 5.70. The van der Waals surface area contributed by atoms with Crippen LogP contribution in [-0.4, -0.2) is 58.6 Å². The predicted octanol–water partition coefficient (Wildman–Crippen LogP) is 3.31. The molecule has 2 aromatic rings. The molecule has 6 nitrogen and oxygen atoms in total. The summed E-state index contributed by atoms with van der Waals surface area (Å²) < 4.78 is 5.34. The van der Waals surface area contributed by atoms with Crippen LogP contribution in [0.4, 0.5) is 5.82 Å². The van der Waals surface area contributed by atoms with Crippen molar-refractivity contribution in [3.8, 4) is 17.0 Å². The van der Waals surface area contributed by atoms with Crippen molar-refractivity contribution in [2.24, 2.45) is 0 Å². The molecule has 0 bridgehead atoms. The molecular formula is C22H28N4O2. The molecule has 3 heterocycles. The fraction of sp³-hybridized carbons (Fsp3) is 0.545. The highest BCUT2D eigenvalue weighted by Gasteiger charge is 2.30. The van der Waals surface area contributed by atoms with E-state index >= 15 is 0 Å². The Bertz CT molecular complexity index is 864. The van der Waals surface area contributed by atoms with E-state index in [0.717, 1.165) is 55.4 Å². The first kappa shape index (κ1) is 17.9. The number of hydrogen-bond donors (Lipinski definition) is 2. The van der Waals surface area contributed by atoms with Crippen LogP contribution in [0.3, 0.4) is 0 Å². The minimum atomic E-state index is 0.299. The van der Waals surface area contributed by atoms with Gasteiger partial charge in [-0.15, -0.1) is 10.2 Å². The van der Waals surface area contributed by atoms with E-state index in [-0.39, 0.29) is 0 Å². The van der Waals surface area contributed by atoms with Gasteiger partial charge in [-0.3, -0.25) is 4.90 Å². The number of aromatic hydroxyl groups is 1. The molecule has 0 radical (unpaired) electrons. The summed E-state index contributed by atoms with van der Waals surface area (Å²) in [5, 5.41) is 22.9. The number of likely N-dealkylation sites (tertiary alicyclic amines) is 1. The molecule has 3 fully saturated rings. The van der Waals surface area contributed by atoms with E-state index in [1.807, 2.05) is 25.1 Å². The molecule has 148 valence electrons. The topological polar surface area (TPSA) is 70.5 Å². The van der Waals surface area contributed by atoms with E-state index in [9.17, 15) is 5.11 Å². The fourth-order valence-corrected chi connectivity index (χ4v) is 4.34. The highest BCUT2D eigenvalue weighted by atomic mass is 16.5. The van der Waals surface area contributed by atoms with Crippen LogP contribution in [0.2, 0.25) is 0 Å². The van der Waals surface area contributed by atoms with E-state index in [1.165, 1.54) is 24.8 Å². The molecule has 1 aromatic carbocycles. The highest BCUT2D eigenvalue weighted by Crippen LogP contribution is 2.43. The molecule has 5 rings (SSSR count). The molecular weight excluding hydrogens is 352 g/mol. The number of anilines is 1. The Morgan fingerprint density at radius 1 is 1.14 bits per heavy atom. The molecule has 6 heteroatoms. The number of aryl methyl sites for hydroxylation is 1. The molecule has 2 aliphatic heterocycles. The summed E-state index contributed by atoms with van der Waals surface area (Å²) in [6.45, 7) is 5.95. The number of aromatic nitrogens is 2. The predicted molar refractivity (Wildman–Crippen MR) is 109 cm³/mol. The van der Waals surface area contributed by atoms with Gasteiger partial charge in [0.1, 0.15) is 11.6 Å². The molecule has 1 atom stereocenters. The van der Waals surface area contributed by atoms with Crippen LogP contribution < -0.4 is 5.32 Å². The summed E-state index contributed by atoms with van der Waals surface area (Å²) >= 11 is 0. The quantitative estimate of drug-likeness (QED) is 0.829. The number of phenols is 1. The lowest BCUT2D eigenvalue weighted by Crippen LogP contribution is -2.54. The second kappa shape index (κ2) is 7.33. The van der Waals surface area contributed by atoms with Crippen molar-refractivity contribution in [2.75, 3.05) is 31.6 Å². The summed E-state index contributed by atoms with van der Waals surface area (Å²) in [6.07, 6.45) is 4.80. The summed E-state index contributed by atoms with van der Waals surface area (Å²) in [5.41, 5.74) is 3.76. The summed E-state index contributed by atoms with van der Waals surface area (Å²) in [6, 6.07) is 9.00. The van der Waals surface area contributed by atoms with Crippen molar-refractivity contribution >= 4 is 5.82 Å². The van der Waals surface area contributed by atoms with Crippen LogP contribution >= 0.6 is 0 Å². The molecule has 2 N–H and O–H groups in total. The number of hydrogen-bond acceptors (Lipinski definition) is 6. The zero-order valence-corrected chi connectivity index (χ0v) is 16.4. The van der Waals surface area contributed by atoms with Crippen molar-refractivity contribution in [3.05, 3.63) is 35.4 Å². The summed E-state index contributed by atoms with van der Waals surface area (Å²) in [7, 11) is 0. The first-order valence-electron chi connectivity index (χ1n) is 10.4. The van der Waals surface area contributed by atoms with Gasteiger partial charge in [-0.2, -0.15) is 0 Å². The molecule has 1 aromatic heterocycles. The zero-order chi connectivity index (χ0) is 19.1. The molecule has 28 heavy (non-hydrogen) atoms. The van der Waals surface area contributed by atoms with Crippen LogP contribution in [0.1, 0.15) is 42.7 Å².